The van der Waals surface area contributed by atoms with E-state index in [0.29, 0.717) is 22.4 Å². The minimum absolute atomic E-state index is 0.538. The van der Waals surface area contributed by atoms with Gasteiger partial charge < -0.3 is 0 Å². The zero-order valence-electron chi connectivity index (χ0n) is 25.1. The van der Waals surface area contributed by atoms with Gasteiger partial charge in [0.25, 0.3) is 0 Å². The van der Waals surface area contributed by atoms with Gasteiger partial charge in [0.05, 0.1) is 11.1 Å². The second-order valence-electron chi connectivity index (χ2n) is 12.4. The van der Waals surface area contributed by atoms with E-state index in [0.717, 1.165) is 46.5 Å². The van der Waals surface area contributed by atoms with E-state index >= 15 is 0 Å². The normalized spacial score (nSPS) is 17.1. The van der Waals surface area contributed by atoms with Crippen molar-refractivity contribution in [3.63, 3.8) is 0 Å². The quantitative estimate of drug-likeness (QED) is 0.146. The van der Waals surface area contributed by atoms with Crippen LogP contribution in [0, 0.1) is 0 Å². The van der Waals surface area contributed by atoms with Gasteiger partial charge in [-0.2, -0.15) is 26.3 Å². The fraction of sp³-hybridized carbons (Fsp3) is 0.368. The molecule has 236 valence electrons. The van der Waals surface area contributed by atoms with E-state index in [1.807, 2.05) is 24.3 Å². The lowest BCUT2D eigenvalue weighted by molar-refractivity contribution is -0.138. The van der Waals surface area contributed by atoms with Crippen LogP contribution in [0.5, 0.6) is 0 Å². The summed E-state index contributed by atoms with van der Waals surface area (Å²) in [4.78, 5) is 0. The lowest BCUT2D eigenvalue weighted by Gasteiger charge is -2.40. The van der Waals surface area contributed by atoms with Crippen LogP contribution in [0.4, 0.5) is 26.3 Å². The molecule has 2 saturated carbocycles. The minimum atomic E-state index is -4.45. The molecule has 2 fully saturated rings. The Morgan fingerprint density at radius 3 is 1.27 bits per heavy atom. The Kier molecular flexibility index (Phi) is 9.43. The number of hydrogen-bond acceptors (Lipinski definition) is 0. The van der Waals surface area contributed by atoms with E-state index in [9.17, 15) is 26.3 Å². The van der Waals surface area contributed by atoms with E-state index in [1.54, 1.807) is 0 Å². The average Bonchev–Trinajstić information content (AvgIpc) is 3.05. The molecule has 0 aromatic heterocycles. The van der Waals surface area contributed by atoms with Crippen molar-refractivity contribution < 1.29 is 26.3 Å². The van der Waals surface area contributed by atoms with Crippen molar-refractivity contribution in [2.24, 2.45) is 0 Å². The second kappa shape index (κ2) is 13.3. The highest BCUT2D eigenvalue weighted by Crippen LogP contribution is 2.57. The lowest BCUT2D eigenvalue weighted by Crippen LogP contribution is -2.27. The maximum absolute atomic E-state index is 13.5. The van der Waals surface area contributed by atoms with Gasteiger partial charge >= 0.3 is 12.4 Å². The summed E-state index contributed by atoms with van der Waals surface area (Å²) in [5.41, 5.74) is 4.54. The number of hydrogen-bond donors (Lipinski definition) is 0. The molecule has 45 heavy (non-hydrogen) atoms. The Morgan fingerprint density at radius 2 is 0.844 bits per heavy atom. The van der Waals surface area contributed by atoms with Crippen LogP contribution >= 0.6 is 7.92 Å². The summed E-state index contributed by atoms with van der Waals surface area (Å²) in [7, 11) is -0.538. The van der Waals surface area contributed by atoms with Gasteiger partial charge in [0, 0.05) is 0 Å². The largest absolute Gasteiger partial charge is 0.416 e. The van der Waals surface area contributed by atoms with Gasteiger partial charge in [-0.1, -0.05) is 113 Å². The predicted octanol–water partition coefficient (Wildman–Crippen LogP) is 12.5. The van der Waals surface area contributed by atoms with E-state index < -0.39 is 31.4 Å². The number of rotatable bonds is 6. The van der Waals surface area contributed by atoms with Gasteiger partial charge in [0.2, 0.25) is 0 Å². The average molecular weight is 639 g/mol. The van der Waals surface area contributed by atoms with Crippen molar-refractivity contribution in [3.05, 3.63) is 102 Å². The van der Waals surface area contributed by atoms with Crippen molar-refractivity contribution in [1.29, 1.82) is 0 Å². The molecule has 0 bridgehead atoms. The first-order valence-electron chi connectivity index (χ1n) is 16.0. The van der Waals surface area contributed by atoms with Crippen molar-refractivity contribution in [2.75, 3.05) is 0 Å². The van der Waals surface area contributed by atoms with E-state index in [-0.39, 0.29) is 0 Å². The van der Waals surface area contributed by atoms with Gasteiger partial charge in [-0.25, -0.2) is 0 Å². The van der Waals surface area contributed by atoms with Crippen LogP contribution in [-0.4, -0.2) is 11.3 Å². The van der Waals surface area contributed by atoms with Crippen LogP contribution in [0.1, 0.15) is 75.3 Å². The Labute approximate surface area is 262 Å². The molecular formula is C38H37F6P. The Bertz CT molecular complexity index is 1480. The third kappa shape index (κ3) is 7.02. The third-order valence-corrected chi connectivity index (χ3v) is 13.1. The second-order valence-corrected chi connectivity index (χ2v) is 15.1. The zero-order chi connectivity index (χ0) is 31.6. The van der Waals surface area contributed by atoms with E-state index in [1.165, 1.54) is 93.8 Å². The molecule has 6 rings (SSSR count). The third-order valence-electron chi connectivity index (χ3n) is 9.50. The smallest absolute Gasteiger partial charge is 0.166 e. The molecule has 0 nitrogen and oxygen atoms in total. The lowest BCUT2D eigenvalue weighted by atomic mass is 9.87. The summed E-state index contributed by atoms with van der Waals surface area (Å²) in [6.45, 7) is 0. The van der Waals surface area contributed by atoms with Gasteiger partial charge in [0.15, 0.2) is 0 Å². The molecule has 0 aliphatic heterocycles. The Balaban J connectivity index is 1.56. The fourth-order valence-corrected chi connectivity index (χ4v) is 11.3. The van der Waals surface area contributed by atoms with Crippen LogP contribution < -0.4 is 5.30 Å². The molecule has 0 atom stereocenters. The van der Waals surface area contributed by atoms with Crippen LogP contribution in [0.15, 0.2) is 91.0 Å². The Morgan fingerprint density at radius 1 is 0.444 bits per heavy atom. The first kappa shape index (κ1) is 31.9. The highest BCUT2D eigenvalue weighted by atomic mass is 31.1. The molecule has 2 aliphatic rings. The molecular weight excluding hydrogens is 601 g/mol. The molecule has 4 aromatic carbocycles. The van der Waals surface area contributed by atoms with Crippen LogP contribution in [-0.2, 0) is 12.4 Å². The fourth-order valence-electron chi connectivity index (χ4n) is 7.32. The van der Waals surface area contributed by atoms with Crippen LogP contribution in [0.25, 0.3) is 33.4 Å². The highest BCUT2D eigenvalue weighted by molar-refractivity contribution is 7.67. The van der Waals surface area contributed by atoms with Gasteiger partial charge in [0.1, 0.15) is 0 Å². The number of halogens is 6. The van der Waals surface area contributed by atoms with Gasteiger partial charge in [-0.15, -0.1) is 0 Å². The Hall–Kier alpha value is -3.11. The summed E-state index contributed by atoms with van der Waals surface area (Å²) in [6.07, 6.45) is 3.40. The first-order chi connectivity index (χ1) is 21.6. The van der Waals surface area contributed by atoms with E-state index in [2.05, 4.69) is 18.2 Å². The van der Waals surface area contributed by atoms with Crippen molar-refractivity contribution in [3.8, 4) is 33.4 Å². The summed E-state index contributed by atoms with van der Waals surface area (Å²) >= 11 is 0. The summed E-state index contributed by atoms with van der Waals surface area (Å²) in [6, 6.07) is 24.6. The highest BCUT2D eigenvalue weighted by Gasteiger charge is 2.35. The molecule has 2 aliphatic carbocycles. The van der Waals surface area contributed by atoms with Gasteiger partial charge in [-0.05, 0) is 100.0 Å². The van der Waals surface area contributed by atoms with Crippen molar-refractivity contribution in [1.82, 2.24) is 0 Å². The van der Waals surface area contributed by atoms with Crippen molar-refractivity contribution in [2.45, 2.75) is 87.9 Å². The van der Waals surface area contributed by atoms with Gasteiger partial charge in [-0.3, -0.25) is 0 Å². The number of benzene rings is 4. The summed E-state index contributed by atoms with van der Waals surface area (Å²) in [5, 5.41) is 1.32. The first-order valence-corrected chi connectivity index (χ1v) is 17.5. The molecule has 4 aromatic rings. The molecule has 0 radical (unpaired) electrons. The topological polar surface area (TPSA) is 0 Å². The molecule has 0 N–H and O–H groups in total. The van der Waals surface area contributed by atoms with Crippen LogP contribution in [0.2, 0.25) is 0 Å². The van der Waals surface area contributed by atoms with Crippen molar-refractivity contribution >= 4 is 13.2 Å². The predicted molar refractivity (Wildman–Crippen MR) is 173 cm³/mol. The molecule has 0 heterocycles. The molecule has 0 spiro atoms. The molecule has 0 saturated heterocycles. The maximum atomic E-state index is 13.5. The number of alkyl halides is 6. The molecule has 0 amide bonds. The molecule has 7 heteroatoms. The summed E-state index contributed by atoms with van der Waals surface area (Å²) < 4.78 is 80.9. The van der Waals surface area contributed by atoms with Crippen LogP contribution in [0.3, 0.4) is 0 Å². The van der Waals surface area contributed by atoms with E-state index in [4.69, 9.17) is 0 Å². The molecule has 0 unspecified atom stereocenters. The zero-order valence-corrected chi connectivity index (χ0v) is 26.0. The SMILES string of the molecule is FC(F)(F)c1ccc(-c2cccc(-c3ccc(C(F)(F)F)cc3)c2-c2ccccc2P(C2CCCCC2)C2CCCCC2)cc1. The maximum Gasteiger partial charge on any atom is 0.416 e. The standard InChI is InChI=1S/C38H37F6P/c39-37(40,41)28-22-18-26(19-23-28)32-15-9-16-33(27-20-24-29(25-21-27)38(42,43)44)36(32)34-14-7-8-17-35(34)45(30-10-3-1-4-11-30)31-12-5-2-6-13-31/h7-9,14-25,30-31H,1-6,10-13H2. The minimum Gasteiger partial charge on any atom is -0.166 e. The summed E-state index contributed by atoms with van der Waals surface area (Å²) in [5.74, 6) is 0. The monoisotopic (exact) mass is 638 g/mol.